The summed E-state index contributed by atoms with van der Waals surface area (Å²) >= 11 is 0. The van der Waals surface area contributed by atoms with Gasteiger partial charge in [0.05, 0.1) is 5.52 Å². The number of aromatic nitrogens is 1. The van der Waals surface area contributed by atoms with Gasteiger partial charge in [-0.15, -0.1) is 0 Å². The number of fused-ring (bicyclic) bond motifs is 3. The quantitative estimate of drug-likeness (QED) is 0.498. The molecule has 0 aliphatic carbocycles. The molecule has 0 fully saturated rings. The average Bonchev–Trinajstić information content (AvgIpc) is 2.29. The molecule has 3 heteroatoms. The molecule has 16 heavy (non-hydrogen) atoms. The first-order valence-corrected chi connectivity index (χ1v) is 4.82. The Morgan fingerprint density at radius 3 is 2.50 bits per heavy atom. The van der Waals surface area contributed by atoms with Crippen LogP contribution in [0, 0.1) is 0 Å². The minimum atomic E-state index is 0. The van der Waals surface area contributed by atoms with E-state index in [0.717, 1.165) is 21.7 Å². The van der Waals surface area contributed by atoms with E-state index >= 15 is 0 Å². The average molecular weight is 261 g/mol. The van der Waals surface area contributed by atoms with E-state index in [4.69, 9.17) is 0 Å². The molecular weight excluding hydrogens is 252 g/mol. The van der Waals surface area contributed by atoms with Gasteiger partial charge in [-0.25, -0.2) is 0 Å². The maximum atomic E-state index is 9.83. The van der Waals surface area contributed by atoms with Gasteiger partial charge in [0.2, 0.25) is 0 Å². The van der Waals surface area contributed by atoms with E-state index in [2.05, 4.69) is 4.98 Å². The van der Waals surface area contributed by atoms with Gasteiger partial charge >= 0.3 is 0 Å². The molecule has 2 nitrogen and oxygen atoms in total. The van der Waals surface area contributed by atoms with E-state index in [-0.39, 0.29) is 25.2 Å². The van der Waals surface area contributed by atoms with Gasteiger partial charge in [0.1, 0.15) is 5.75 Å². The number of phenols is 1. The second-order valence-electron chi connectivity index (χ2n) is 3.52. The molecule has 3 aromatic rings. The van der Waals surface area contributed by atoms with Crippen molar-refractivity contribution in [1.29, 1.82) is 0 Å². The molecule has 3 rings (SSSR count). The van der Waals surface area contributed by atoms with Crippen LogP contribution in [0.15, 0.2) is 48.7 Å². The van der Waals surface area contributed by atoms with E-state index in [9.17, 15) is 5.11 Å². The van der Waals surface area contributed by atoms with Crippen molar-refractivity contribution in [3.8, 4) is 5.75 Å². The van der Waals surface area contributed by atoms with Gasteiger partial charge in [0.25, 0.3) is 0 Å². The van der Waals surface area contributed by atoms with Crippen molar-refractivity contribution in [1.82, 2.24) is 4.98 Å². The summed E-state index contributed by atoms with van der Waals surface area (Å²) in [5, 5.41) is 12.7. The van der Waals surface area contributed by atoms with Crippen molar-refractivity contribution < 1.29 is 24.6 Å². The Hall–Kier alpha value is -1.47. The zero-order valence-electron chi connectivity index (χ0n) is 8.72. The number of rotatable bonds is 0. The fourth-order valence-corrected chi connectivity index (χ4v) is 1.90. The Balaban J connectivity index is 0.000000963. The van der Waals surface area contributed by atoms with Crippen molar-refractivity contribution >= 4 is 21.7 Å². The van der Waals surface area contributed by atoms with Gasteiger partial charge in [-0.05, 0) is 17.5 Å². The number of aromatic hydroxyl groups is 1. The second kappa shape index (κ2) is 4.19. The van der Waals surface area contributed by atoms with E-state index < -0.39 is 0 Å². The van der Waals surface area contributed by atoms with Crippen LogP contribution in [-0.4, -0.2) is 10.1 Å². The van der Waals surface area contributed by atoms with Crippen LogP contribution in [0.5, 0.6) is 5.75 Å². The topological polar surface area (TPSA) is 33.1 Å². The molecule has 0 saturated carbocycles. The van der Waals surface area contributed by atoms with Crippen LogP contribution >= 0.6 is 0 Å². The molecule has 0 aliphatic rings. The van der Waals surface area contributed by atoms with Crippen molar-refractivity contribution in [2.75, 3.05) is 0 Å². The monoisotopic (exact) mass is 259 g/mol. The molecule has 0 aliphatic heterocycles. The molecule has 0 radical (unpaired) electrons. The van der Waals surface area contributed by atoms with Crippen molar-refractivity contribution in [3.63, 3.8) is 0 Å². The fourth-order valence-electron chi connectivity index (χ4n) is 1.90. The molecule has 1 N–H and O–H groups in total. The number of hydrogen-bond donors (Lipinski definition) is 1. The van der Waals surface area contributed by atoms with Crippen molar-refractivity contribution in [2.24, 2.45) is 0 Å². The van der Waals surface area contributed by atoms with Crippen LogP contribution in [0.2, 0.25) is 0 Å². The number of phenolic OH excluding ortho intramolecular Hbond substituents is 1. The zero-order chi connectivity index (χ0) is 10.3. The molecule has 74 valence electrons. The normalized spacial score (nSPS) is 10.2. The third-order valence-electron chi connectivity index (χ3n) is 2.59. The smallest absolute Gasteiger partial charge is 0.125 e. The predicted molar refractivity (Wildman–Crippen MR) is 60.9 cm³/mol. The van der Waals surface area contributed by atoms with Crippen LogP contribution in [0.1, 0.15) is 0 Å². The molecule has 1 heterocycles. The van der Waals surface area contributed by atoms with E-state index in [1.165, 1.54) is 0 Å². The summed E-state index contributed by atoms with van der Waals surface area (Å²) in [5.41, 5.74) is 0.855. The summed E-state index contributed by atoms with van der Waals surface area (Å²) in [6.07, 6.45) is 1.74. The third-order valence-corrected chi connectivity index (χ3v) is 2.59. The number of hydrogen-bond acceptors (Lipinski definition) is 2. The van der Waals surface area contributed by atoms with Crippen molar-refractivity contribution in [3.05, 3.63) is 48.7 Å². The Morgan fingerprint density at radius 1 is 0.875 bits per heavy atom. The maximum absolute atomic E-state index is 9.83. The summed E-state index contributed by atoms with van der Waals surface area (Å²) in [4.78, 5) is 4.31. The third kappa shape index (κ3) is 1.58. The van der Waals surface area contributed by atoms with E-state index in [1.807, 2.05) is 36.4 Å². The standard InChI is InChI=1S/C13H9NO.Zn/c15-11-5-1-3-9-6-7-10-4-2-8-14-13(10)12(9)11;/h1-8,15H;. The molecule has 0 amide bonds. The first-order chi connectivity index (χ1) is 7.36. The van der Waals surface area contributed by atoms with Crippen LogP contribution in [0.4, 0.5) is 0 Å². The molecule has 1 aromatic heterocycles. The Kier molecular flexibility index (Phi) is 2.89. The molecule has 0 unspecified atom stereocenters. The molecule has 0 atom stereocenters. The Bertz CT molecular complexity index is 652. The van der Waals surface area contributed by atoms with Crippen LogP contribution in [0.3, 0.4) is 0 Å². The Morgan fingerprint density at radius 2 is 1.62 bits per heavy atom. The SMILES string of the molecule is Oc1cccc2ccc3cccnc3c12.[Zn]. The van der Waals surface area contributed by atoms with E-state index in [1.54, 1.807) is 12.3 Å². The van der Waals surface area contributed by atoms with Gasteiger partial charge < -0.3 is 5.11 Å². The molecular formula is C13H9NOZn. The summed E-state index contributed by atoms with van der Waals surface area (Å²) in [6.45, 7) is 0. The number of nitrogens with zero attached hydrogens (tertiary/aromatic N) is 1. The van der Waals surface area contributed by atoms with Gasteiger partial charge in [0.15, 0.2) is 0 Å². The van der Waals surface area contributed by atoms with Crippen molar-refractivity contribution in [2.45, 2.75) is 0 Å². The molecule has 0 spiro atoms. The summed E-state index contributed by atoms with van der Waals surface area (Å²) in [5.74, 6) is 0.289. The van der Waals surface area contributed by atoms with E-state index in [0.29, 0.717) is 0 Å². The van der Waals surface area contributed by atoms with Crippen LogP contribution in [-0.2, 0) is 19.5 Å². The maximum Gasteiger partial charge on any atom is 0.125 e. The Labute approximate surface area is 106 Å². The minimum Gasteiger partial charge on any atom is -0.507 e. The molecule has 2 aromatic carbocycles. The first-order valence-electron chi connectivity index (χ1n) is 4.82. The van der Waals surface area contributed by atoms with Crippen LogP contribution in [0.25, 0.3) is 21.7 Å². The summed E-state index contributed by atoms with van der Waals surface area (Å²) in [7, 11) is 0. The predicted octanol–water partition coefficient (Wildman–Crippen LogP) is 3.09. The first kappa shape index (κ1) is 11.0. The second-order valence-corrected chi connectivity index (χ2v) is 3.52. The van der Waals surface area contributed by atoms with Gasteiger partial charge in [-0.2, -0.15) is 0 Å². The van der Waals surface area contributed by atoms with Gasteiger partial charge in [-0.1, -0.05) is 30.3 Å². The molecule has 0 saturated heterocycles. The zero-order valence-corrected chi connectivity index (χ0v) is 11.7. The minimum absolute atomic E-state index is 0. The molecule has 0 bridgehead atoms. The van der Waals surface area contributed by atoms with Gasteiger partial charge in [-0.3, -0.25) is 4.98 Å². The summed E-state index contributed by atoms with van der Waals surface area (Å²) in [6, 6.07) is 13.4. The fraction of sp³-hybridized carbons (Fsp3) is 0. The van der Waals surface area contributed by atoms with Gasteiger partial charge in [0, 0.05) is 36.4 Å². The number of pyridine rings is 1. The largest absolute Gasteiger partial charge is 0.507 e. The van der Waals surface area contributed by atoms with Crippen LogP contribution < -0.4 is 0 Å². The summed E-state index contributed by atoms with van der Waals surface area (Å²) < 4.78 is 0. The number of benzene rings is 2.